The molecular formula is C12H12F3N3. The molecule has 0 spiro atoms. The Morgan fingerprint density at radius 2 is 1.89 bits per heavy atom. The van der Waals surface area contributed by atoms with Gasteiger partial charge in [-0.3, -0.25) is 5.10 Å². The number of halogens is 3. The van der Waals surface area contributed by atoms with Crippen molar-refractivity contribution in [3.05, 3.63) is 41.8 Å². The molecule has 0 amide bonds. The second-order valence-electron chi connectivity index (χ2n) is 4.01. The third-order valence-electron chi connectivity index (χ3n) is 2.60. The van der Waals surface area contributed by atoms with Crippen molar-refractivity contribution in [3.8, 4) is 11.3 Å². The molecular weight excluding hydrogens is 243 g/mol. The first-order valence-corrected chi connectivity index (χ1v) is 5.38. The highest BCUT2D eigenvalue weighted by molar-refractivity contribution is 5.62. The fraction of sp³-hybridized carbons (Fsp3) is 0.250. The summed E-state index contributed by atoms with van der Waals surface area (Å²) in [5.74, 6) is -3.36. The molecule has 0 fully saturated rings. The van der Waals surface area contributed by atoms with Crippen LogP contribution in [0.4, 0.5) is 13.2 Å². The lowest BCUT2D eigenvalue weighted by Gasteiger charge is -2.13. The summed E-state index contributed by atoms with van der Waals surface area (Å²) in [6, 6.07) is 5.54. The van der Waals surface area contributed by atoms with Crippen molar-refractivity contribution in [1.82, 2.24) is 10.2 Å². The van der Waals surface area contributed by atoms with E-state index in [1.165, 1.54) is 30.5 Å². The molecule has 0 aliphatic carbocycles. The number of rotatable bonds is 4. The van der Waals surface area contributed by atoms with Crippen molar-refractivity contribution in [2.24, 2.45) is 5.73 Å². The average molecular weight is 255 g/mol. The van der Waals surface area contributed by atoms with E-state index in [2.05, 4.69) is 10.2 Å². The normalized spacial score (nSPS) is 11.8. The molecule has 0 aliphatic rings. The molecule has 1 aromatic heterocycles. The summed E-state index contributed by atoms with van der Waals surface area (Å²) >= 11 is 0. The van der Waals surface area contributed by atoms with E-state index in [0.717, 1.165) is 0 Å². The van der Waals surface area contributed by atoms with Crippen LogP contribution in [0.15, 0.2) is 30.5 Å². The van der Waals surface area contributed by atoms with Gasteiger partial charge in [0.25, 0.3) is 5.92 Å². The Balaban J connectivity index is 2.30. The molecule has 0 aliphatic heterocycles. The van der Waals surface area contributed by atoms with Gasteiger partial charge in [-0.2, -0.15) is 5.10 Å². The molecule has 0 unspecified atom stereocenters. The second-order valence-corrected chi connectivity index (χ2v) is 4.01. The van der Waals surface area contributed by atoms with E-state index in [1.807, 2.05) is 0 Å². The number of H-pyrrole nitrogens is 1. The van der Waals surface area contributed by atoms with Gasteiger partial charge in [0.1, 0.15) is 5.82 Å². The van der Waals surface area contributed by atoms with E-state index in [0.29, 0.717) is 16.8 Å². The van der Waals surface area contributed by atoms with E-state index >= 15 is 0 Å². The fourth-order valence-electron chi connectivity index (χ4n) is 1.66. The lowest BCUT2D eigenvalue weighted by atomic mass is 10.0. The van der Waals surface area contributed by atoms with E-state index < -0.39 is 18.9 Å². The zero-order valence-corrected chi connectivity index (χ0v) is 9.46. The van der Waals surface area contributed by atoms with Gasteiger partial charge < -0.3 is 5.73 Å². The van der Waals surface area contributed by atoms with Crippen LogP contribution >= 0.6 is 0 Å². The third kappa shape index (κ3) is 2.70. The zero-order valence-electron chi connectivity index (χ0n) is 9.46. The molecule has 1 heterocycles. The van der Waals surface area contributed by atoms with Crippen molar-refractivity contribution < 1.29 is 13.2 Å². The lowest BCUT2D eigenvalue weighted by Crippen LogP contribution is -2.30. The third-order valence-corrected chi connectivity index (χ3v) is 2.60. The molecule has 0 radical (unpaired) electrons. The Hall–Kier alpha value is -1.82. The van der Waals surface area contributed by atoms with Crippen LogP contribution in [0.2, 0.25) is 0 Å². The molecule has 2 rings (SSSR count). The number of nitrogens with one attached hydrogen (secondary N) is 1. The topological polar surface area (TPSA) is 54.7 Å². The number of hydrogen-bond donors (Lipinski definition) is 2. The number of hydrogen-bond acceptors (Lipinski definition) is 2. The predicted molar refractivity (Wildman–Crippen MR) is 61.7 cm³/mol. The van der Waals surface area contributed by atoms with Crippen molar-refractivity contribution in [3.63, 3.8) is 0 Å². The number of benzene rings is 1. The molecule has 3 N–H and O–H groups in total. The largest absolute Gasteiger partial charge is 0.325 e. The van der Waals surface area contributed by atoms with Crippen molar-refractivity contribution in [1.29, 1.82) is 0 Å². The fourth-order valence-corrected chi connectivity index (χ4v) is 1.66. The monoisotopic (exact) mass is 255 g/mol. The van der Waals surface area contributed by atoms with Gasteiger partial charge in [0, 0.05) is 17.5 Å². The molecule has 1 aromatic carbocycles. The molecule has 2 aromatic rings. The number of aromatic amines is 1. The maximum atomic E-state index is 13.2. The van der Waals surface area contributed by atoms with Crippen LogP contribution in [0.25, 0.3) is 11.3 Å². The van der Waals surface area contributed by atoms with E-state index in [9.17, 15) is 13.2 Å². The summed E-state index contributed by atoms with van der Waals surface area (Å²) in [5.41, 5.74) is 6.43. The number of nitrogens with zero attached hydrogens (tertiary/aromatic N) is 1. The summed E-state index contributed by atoms with van der Waals surface area (Å²) in [6.07, 6.45) is 0.842. The first-order chi connectivity index (χ1) is 8.52. The second kappa shape index (κ2) is 4.81. The highest BCUT2D eigenvalue weighted by atomic mass is 19.3. The molecule has 0 saturated carbocycles. The van der Waals surface area contributed by atoms with Gasteiger partial charge in [0.15, 0.2) is 0 Å². The quantitative estimate of drug-likeness (QED) is 0.881. The van der Waals surface area contributed by atoms with Gasteiger partial charge in [0.2, 0.25) is 0 Å². The minimum absolute atomic E-state index is 0.358. The minimum Gasteiger partial charge on any atom is -0.325 e. The lowest BCUT2D eigenvalue weighted by molar-refractivity contribution is 0.0116. The smallest absolute Gasteiger partial charge is 0.264 e. The van der Waals surface area contributed by atoms with Gasteiger partial charge in [-0.1, -0.05) is 0 Å². The van der Waals surface area contributed by atoms with Crippen LogP contribution in [-0.4, -0.2) is 22.7 Å². The predicted octanol–water partition coefficient (Wildman–Crippen LogP) is 2.35. The number of alkyl halides is 2. The first kappa shape index (κ1) is 12.6. The van der Waals surface area contributed by atoms with E-state index in [-0.39, 0.29) is 5.82 Å². The summed E-state index contributed by atoms with van der Waals surface area (Å²) in [6.45, 7) is -0.721. The molecule has 6 heteroatoms. The highest BCUT2D eigenvalue weighted by Gasteiger charge is 2.29. The molecule has 18 heavy (non-hydrogen) atoms. The van der Waals surface area contributed by atoms with Crippen LogP contribution in [0.5, 0.6) is 0 Å². The van der Waals surface area contributed by atoms with Gasteiger partial charge in [-0.25, -0.2) is 13.2 Å². The summed E-state index contributed by atoms with van der Waals surface area (Å²) in [5, 5.41) is 6.39. The van der Waals surface area contributed by atoms with Crippen molar-refractivity contribution in [2.75, 3.05) is 6.54 Å². The average Bonchev–Trinajstić information content (AvgIpc) is 2.77. The summed E-state index contributed by atoms with van der Waals surface area (Å²) in [4.78, 5) is 0. The maximum absolute atomic E-state index is 13.2. The van der Waals surface area contributed by atoms with Crippen LogP contribution < -0.4 is 5.73 Å². The Morgan fingerprint density at radius 1 is 1.22 bits per heavy atom. The molecule has 3 nitrogen and oxygen atoms in total. The van der Waals surface area contributed by atoms with Gasteiger partial charge in [0.05, 0.1) is 18.4 Å². The van der Waals surface area contributed by atoms with Crippen molar-refractivity contribution >= 4 is 0 Å². The Bertz CT molecular complexity index is 520. The highest BCUT2D eigenvalue weighted by Crippen LogP contribution is 2.26. The molecule has 96 valence electrons. The van der Waals surface area contributed by atoms with E-state index in [1.54, 1.807) is 0 Å². The molecule has 0 bridgehead atoms. The Labute approximate surface area is 102 Å². The van der Waals surface area contributed by atoms with Gasteiger partial charge >= 0.3 is 0 Å². The Kier molecular flexibility index (Phi) is 3.38. The van der Waals surface area contributed by atoms with Crippen LogP contribution in [0.1, 0.15) is 5.56 Å². The van der Waals surface area contributed by atoms with Crippen LogP contribution in [0, 0.1) is 5.82 Å². The van der Waals surface area contributed by atoms with Crippen LogP contribution in [0.3, 0.4) is 0 Å². The number of aromatic nitrogens is 2. The van der Waals surface area contributed by atoms with Crippen molar-refractivity contribution in [2.45, 2.75) is 12.3 Å². The number of nitrogens with two attached hydrogens (primary N) is 1. The van der Waals surface area contributed by atoms with Gasteiger partial charge in [-0.05, 0) is 24.3 Å². The molecule has 0 atom stereocenters. The minimum atomic E-state index is -2.97. The van der Waals surface area contributed by atoms with Gasteiger partial charge in [-0.15, -0.1) is 0 Å². The first-order valence-electron chi connectivity index (χ1n) is 5.38. The van der Waals surface area contributed by atoms with E-state index in [4.69, 9.17) is 5.73 Å². The zero-order chi connectivity index (χ0) is 13.2. The molecule has 0 saturated heterocycles. The Morgan fingerprint density at radius 3 is 2.50 bits per heavy atom. The SMILES string of the molecule is NCC(F)(F)Cc1cn[nH]c1-c1ccc(F)cc1. The summed E-state index contributed by atoms with van der Waals surface area (Å²) < 4.78 is 39.3. The summed E-state index contributed by atoms with van der Waals surface area (Å²) in [7, 11) is 0. The van der Waals surface area contributed by atoms with Crippen LogP contribution in [-0.2, 0) is 6.42 Å². The maximum Gasteiger partial charge on any atom is 0.264 e. The standard InChI is InChI=1S/C12H12F3N3/c13-10-3-1-8(2-4-10)11-9(6-17-18-11)5-12(14,15)7-16/h1-4,6H,5,7,16H2,(H,17,18).